The number of benzene rings is 2. The van der Waals surface area contributed by atoms with Crippen LogP contribution in [0.15, 0.2) is 48.5 Å². The van der Waals surface area contributed by atoms with Crippen molar-refractivity contribution >= 4 is 16.8 Å². The topological polar surface area (TPSA) is 45.3 Å². The molecule has 1 amide bonds. The van der Waals surface area contributed by atoms with Crippen molar-refractivity contribution in [1.82, 2.24) is 9.88 Å². The molecule has 1 aliphatic rings. The number of methoxy groups -OCH3 is 1. The zero-order valence-electron chi connectivity index (χ0n) is 14.7. The molecule has 26 heavy (non-hydrogen) atoms. The summed E-state index contributed by atoms with van der Waals surface area (Å²) in [4.78, 5) is 18.0. The van der Waals surface area contributed by atoms with Gasteiger partial charge < -0.3 is 14.6 Å². The van der Waals surface area contributed by atoms with E-state index in [-0.39, 0.29) is 11.7 Å². The molecule has 1 aromatic heterocycles. The Bertz CT molecular complexity index is 942. The number of carbonyl (C=O) groups is 1. The van der Waals surface area contributed by atoms with E-state index < -0.39 is 0 Å². The van der Waals surface area contributed by atoms with Crippen molar-refractivity contribution in [2.24, 2.45) is 0 Å². The van der Waals surface area contributed by atoms with Gasteiger partial charge in [-0.15, -0.1) is 0 Å². The second-order valence-electron chi connectivity index (χ2n) is 6.75. The maximum atomic E-state index is 13.4. The van der Waals surface area contributed by atoms with Gasteiger partial charge >= 0.3 is 0 Å². The lowest BCUT2D eigenvalue weighted by Gasteiger charge is -2.31. The van der Waals surface area contributed by atoms with Gasteiger partial charge in [0.2, 0.25) is 0 Å². The van der Waals surface area contributed by atoms with Gasteiger partial charge in [-0.2, -0.15) is 0 Å². The highest BCUT2D eigenvalue weighted by atomic mass is 19.1. The fourth-order valence-corrected chi connectivity index (χ4v) is 3.68. The van der Waals surface area contributed by atoms with Crippen LogP contribution in [0.1, 0.15) is 34.8 Å². The standard InChI is InChI=1S/C21H21FN2O2/c1-26-18-4-2-3-15(12-18)21(25)24-9-7-14(8-10-24)20-13-16-11-17(22)5-6-19(16)23-20/h2-6,11-14,23H,7-10H2,1H3. The number of piperidine rings is 1. The molecule has 0 unspecified atom stereocenters. The normalized spacial score (nSPS) is 15.4. The van der Waals surface area contributed by atoms with E-state index in [1.807, 2.05) is 29.2 Å². The number of hydrogen-bond donors (Lipinski definition) is 1. The monoisotopic (exact) mass is 352 g/mol. The molecule has 3 aromatic rings. The van der Waals surface area contributed by atoms with Crippen LogP contribution < -0.4 is 4.74 Å². The minimum atomic E-state index is -0.221. The van der Waals surface area contributed by atoms with Gasteiger partial charge in [0.25, 0.3) is 5.91 Å². The van der Waals surface area contributed by atoms with Crippen molar-refractivity contribution in [2.45, 2.75) is 18.8 Å². The van der Waals surface area contributed by atoms with Crippen LogP contribution in [-0.4, -0.2) is 36.0 Å². The third kappa shape index (κ3) is 3.17. The molecule has 0 saturated carbocycles. The van der Waals surface area contributed by atoms with Gasteiger partial charge in [-0.25, -0.2) is 4.39 Å². The zero-order valence-corrected chi connectivity index (χ0v) is 14.7. The van der Waals surface area contributed by atoms with E-state index in [0.717, 1.165) is 29.4 Å². The van der Waals surface area contributed by atoms with E-state index in [1.165, 1.54) is 6.07 Å². The first-order chi connectivity index (χ1) is 12.6. The molecule has 1 fully saturated rings. The third-order valence-corrected chi connectivity index (χ3v) is 5.14. The molecule has 5 heteroatoms. The van der Waals surface area contributed by atoms with E-state index >= 15 is 0 Å². The van der Waals surface area contributed by atoms with Crippen LogP contribution in [0.4, 0.5) is 4.39 Å². The molecule has 0 radical (unpaired) electrons. The highest BCUT2D eigenvalue weighted by Crippen LogP contribution is 2.31. The first-order valence-corrected chi connectivity index (χ1v) is 8.85. The van der Waals surface area contributed by atoms with Crippen molar-refractivity contribution in [2.75, 3.05) is 20.2 Å². The predicted molar refractivity (Wildman–Crippen MR) is 99.1 cm³/mol. The van der Waals surface area contributed by atoms with E-state index in [9.17, 15) is 9.18 Å². The highest BCUT2D eigenvalue weighted by Gasteiger charge is 2.25. The summed E-state index contributed by atoms with van der Waals surface area (Å²) < 4.78 is 18.6. The SMILES string of the molecule is COc1cccc(C(=O)N2CCC(c3cc4cc(F)ccc4[nH]3)CC2)c1. The van der Waals surface area contributed by atoms with Gasteiger partial charge in [-0.3, -0.25) is 4.79 Å². The quantitative estimate of drug-likeness (QED) is 0.762. The number of ether oxygens (including phenoxy) is 1. The Morgan fingerprint density at radius 1 is 1.15 bits per heavy atom. The summed E-state index contributed by atoms with van der Waals surface area (Å²) >= 11 is 0. The van der Waals surface area contributed by atoms with Gasteiger partial charge in [0.15, 0.2) is 0 Å². The summed E-state index contributed by atoms with van der Waals surface area (Å²) in [5, 5.41) is 0.898. The lowest BCUT2D eigenvalue weighted by Crippen LogP contribution is -2.38. The van der Waals surface area contributed by atoms with Crippen LogP contribution in [0, 0.1) is 5.82 Å². The fraction of sp³-hybridized carbons (Fsp3) is 0.286. The molecule has 1 saturated heterocycles. The van der Waals surface area contributed by atoms with Gasteiger partial charge in [0.05, 0.1) is 7.11 Å². The molecular weight excluding hydrogens is 331 g/mol. The highest BCUT2D eigenvalue weighted by molar-refractivity contribution is 5.94. The van der Waals surface area contributed by atoms with Crippen LogP contribution in [0.3, 0.4) is 0 Å². The van der Waals surface area contributed by atoms with Gasteiger partial charge in [0.1, 0.15) is 11.6 Å². The summed E-state index contributed by atoms with van der Waals surface area (Å²) in [5.74, 6) is 0.874. The molecule has 0 aliphatic carbocycles. The minimum absolute atomic E-state index is 0.0427. The van der Waals surface area contributed by atoms with Crippen molar-refractivity contribution in [3.63, 3.8) is 0 Å². The van der Waals surface area contributed by atoms with Crippen molar-refractivity contribution < 1.29 is 13.9 Å². The number of amides is 1. The molecule has 0 bridgehead atoms. The number of aromatic amines is 1. The molecule has 4 nitrogen and oxygen atoms in total. The summed E-state index contributed by atoms with van der Waals surface area (Å²) in [6, 6.07) is 14.1. The maximum absolute atomic E-state index is 13.4. The second-order valence-corrected chi connectivity index (χ2v) is 6.75. The second kappa shape index (κ2) is 6.83. The molecule has 1 aliphatic heterocycles. The van der Waals surface area contributed by atoms with Crippen molar-refractivity contribution in [1.29, 1.82) is 0 Å². The lowest BCUT2D eigenvalue weighted by atomic mass is 9.93. The molecule has 0 atom stereocenters. The average Bonchev–Trinajstić information content (AvgIpc) is 3.10. The number of H-pyrrole nitrogens is 1. The molecule has 134 valence electrons. The van der Waals surface area contributed by atoms with E-state index in [2.05, 4.69) is 4.98 Å². The third-order valence-electron chi connectivity index (χ3n) is 5.14. The maximum Gasteiger partial charge on any atom is 0.253 e. The number of carbonyl (C=O) groups excluding carboxylic acids is 1. The molecule has 1 N–H and O–H groups in total. The number of nitrogens with one attached hydrogen (secondary N) is 1. The Labute approximate surface area is 151 Å². The Kier molecular flexibility index (Phi) is 4.37. The lowest BCUT2D eigenvalue weighted by molar-refractivity contribution is 0.0712. The molecule has 4 rings (SSSR count). The molecule has 2 aromatic carbocycles. The van der Waals surface area contributed by atoms with Crippen LogP contribution in [-0.2, 0) is 0 Å². The van der Waals surface area contributed by atoms with Crippen LogP contribution >= 0.6 is 0 Å². The predicted octanol–water partition coefficient (Wildman–Crippen LogP) is 4.34. The summed E-state index contributed by atoms with van der Waals surface area (Å²) in [6.07, 6.45) is 1.79. The van der Waals surface area contributed by atoms with Crippen LogP contribution in [0.2, 0.25) is 0 Å². The van der Waals surface area contributed by atoms with E-state index in [1.54, 1.807) is 25.3 Å². The van der Waals surface area contributed by atoms with Crippen molar-refractivity contribution in [3.05, 3.63) is 65.6 Å². The molecule has 0 spiro atoms. The Morgan fingerprint density at radius 2 is 1.96 bits per heavy atom. The summed E-state index contributed by atoms with van der Waals surface area (Å²) in [5.41, 5.74) is 2.74. The summed E-state index contributed by atoms with van der Waals surface area (Å²) in [6.45, 7) is 1.43. The Balaban J connectivity index is 1.45. The minimum Gasteiger partial charge on any atom is -0.497 e. The Hall–Kier alpha value is -2.82. The number of halogens is 1. The van der Waals surface area contributed by atoms with Crippen molar-refractivity contribution in [3.8, 4) is 5.75 Å². The van der Waals surface area contributed by atoms with Gasteiger partial charge in [-0.05, 0) is 55.3 Å². The van der Waals surface area contributed by atoms with E-state index in [0.29, 0.717) is 30.3 Å². The number of nitrogens with zero attached hydrogens (tertiary/aromatic N) is 1. The number of fused-ring (bicyclic) bond motifs is 1. The fourth-order valence-electron chi connectivity index (χ4n) is 3.68. The van der Waals surface area contributed by atoms with Crippen LogP contribution in [0.5, 0.6) is 5.75 Å². The number of hydrogen-bond acceptors (Lipinski definition) is 2. The van der Waals surface area contributed by atoms with E-state index in [4.69, 9.17) is 4.74 Å². The molecular formula is C21H21FN2O2. The largest absolute Gasteiger partial charge is 0.497 e. The number of likely N-dealkylation sites (tertiary alicyclic amines) is 1. The number of rotatable bonds is 3. The average molecular weight is 352 g/mol. The zero-order chi connectivity index (χ0) is 18.1. The first kappa shape index (κ1) is 16.6. The molecule has 2 heterocycles. The Morgan fingerprint density at radius 3 is 2.73 bits per heavy atom. The van der Waals surface area contributed by atoms with Crippen LogP contribution in [0.25, 0.3) is 10.9 Å². The number of aromatic nitrogens is 1. The first-order valence-electron chi connectivity index (χ1n) is 8.85. The van der Waals surface area contributed by atoms with Gasteiger partial charge in [0, 0.05) is 41.2 Å². The van der Waals surface area contributed by atoms with Gasteiger partial charge in [-0.1, -0.05) is 6.07 Å². The summed E-state index contributed by atoms with van der Waals surface area (Å²) in [7, 11) is 1.60. The smallest absolute Gasteiger partial charge is 0.253 e.